The number of esters is 1. The maximum absolute atomic E-state index is 13.4. The normalized spacial score (nSPS) is 19.9. The van der Waals surface area contributed by atoms with Crippen LogP contribution < -0.4 is 5.32 Å². The molecule has 0 radical (unpaired) electrons. The number of amides is 1. The van der Waals surface area contributed by atoms with Crippen molar-refractivity contribution in [3.05, 3.63) is 41.7 Å². The standard InChI is InChI=1S/C16H16FNO5/c1-23-16(22)12-7-6-9(17)8-13(12)18-14(19)10-4-2-3-5-11(10)15(20)21/h2-3,6-8,10-11H,4-5H2,1H3,(H,18,19)(H,20,21)/t10-,11-/m0/s1. The predicted octanol–water partition coefficient (Wildman–Crippen LogP) is 2.22. The number of carbonyl (C=O) groups is 3. The van der Waals surface area contributed by atoms with Gasteiger partial charge in [0, 0.05) is 0 Å². The van der Waals surface area contributed by atoms with Crippen LogP contribution in [-0.2, 0) is 14.3 Å². The summed E-state index contributed by atoms with van der Waals surface area (Å²) in [5.41, 5.74) is -0.0407. The first-order valence-electron chi connectivity index (χ1n) is 7.00. The van der Waals surface area contributed by atoms with Gasteiger partial charge in [0.05, 0.1) is 30.2 Å². The lowest BCUT2D eigenvalue weighted by Gasteiger charge is -2.24. The van der Waals surface area contributed by atoms with E-state index < -0.39 is 35.5 Å². The molecule has 0 aliphatic heterocycles. The van der Waals surface area contributed by atoms with Crippen LogP contribution in [0.2, 0.25) is 0 Å². The quantitative estimate of drug-likeness (QED) is 0.655. The molecule has 1 aliphatic rings. The van der Waals surface area contributed by atoms with E-state index in [1.165, 1.54) is 13.2 Å². The van der Waals surface area contributed by atoms with Gasteiger partial charge in [0.15, 0.2) is 0 Å². The van der Waals surface area contributed by atoms with Crippen molar-refractivity contribution in [2.45, 2.75) is 12.8 Å². The van der Waals surface area contributed by atoms with Crippen LogP contribution in [0.15, 0.2) is 30.4 Å². The van der Waals surface area contributed by atoms with Crippen molar-refractivity contribution in [2.24, 2.45) is 11.8 Å². The number of carboxylic acids is 1. The van der Waals surface area contributed by atoms with E-state index in [4.69, 9.17) is 0 Å². The lowest BCUT2D eigenvalue weighted by molar-refractivity contribution is -0.146. The maximum Gasteiger partial charge on any atom is 0.339 e. The van der Waals surface area contributed by atoms with Gasteiger partial charge in [0.1, 0.15) is 5.82 Å². The molecule has 0 aromatic heterocycles. The maximum atomic E-state index is 13.4. The molecule has 2 rings (SSSR count). The van der Waals surface area contributed by atoms with Gasteiger partial charge in [-0.15, -0.1) is 0 Å². The van der Waals surface area contributed by atoms with Gasteiger partial charge in [-0.05, 0) is 31.0 Å². The molecular weight excluding hydrogens is 305 g/mol. The first-order valence-corrected chi connectivity index (χ1v) is 7.00. The number of methoxy groups -OCH3 is 1. The summed E-state index contributed by atoms with van der Waals surface area (Å²) in [5.74, 6) is -4.63. The number of hydrogen-bond acceptors (Lipinski definition) is 4. The summed E-state index contributed by atoms with van der Waals surface area (Å²) in [6, 6.07) is 3.27. The van der Waals surface area contributed by atoms with Crippen molar-refractivity contribution in [1.82, 2.24) is 0 Å². The van der Waals surface area contributed by atoms with E-state index in [9.17, 15) is 23.9 Å². The third kappa shape index (κ3) is 3.74. The molecule has 1 aliphatic carbocycles. The molecular formula is C16H16FNO5. The fraction of sp³-hybridized carbons (Fsp3) is 0.312. The van der Waals surface area contributed by atoms with E-state index in [1.807, 2.05) is 0 Å². The van der Waals surface area contributed by atoms with Crippen molar-refractivity contribution in [2.75, 3.05) is 12.4 Å². The molecule has 6 nitrogen and oxygen atoms in total. The summed E-state index contributed by atoms with van der Waals surface area (Å²) >= 11 is 0. The van der Waals surface area contributed by atoms with Gasteiger partial charge in [-0.2, -0.15) is 0 Å². The van der Waals surface area contributed by atoms with Crippen molar-refractivity contribution in [3.8, 4) is 0 Å². The van der Waals surface area contributed by atoms with Crippen LogP contribution in [0, 0.1) is 17.7 Å². The van der Waals surface area contributed by atoms with Crippen LogP contribution in [0.5, 0.6) is 0 Å². The van der Waals surface area contributed by atoms with E-state index in [0.717, 1.165) is 12.1 Å². The van der Waals surface area contributed by atoms with Gasteiger partial charge in [-0.1, -0.05) is 12.2 Å². The Morgan fingerprint density at radius 1 is 1.22 bits per heavy atom. The molecule has 0 unspecified atom stereocenters. The van der Waals surface area contributed by atoms with E-state index in [2.05, 4.69) is 10.1 Å². The second kappa shape index (κ2) is 7.04. The van der Waals surface area contributed by atoms with Crippen LogP contribution in [0.4, 0.5) is 10.1 Å². The molecule has 0 saturated heterocycles. The Balaban J connectivity index is 2.26. The largest absolute Gasteiger partial charge is 0.481 e. The zero-order chi connectivity index (χ0) is 17.0. The molecule has 23 heavy (non-hydrogen) atoms. The van der Waals surface area contributed by atoms with Gasteiger partial charge < -0.3 is 15.2 Å². The Morgan fingerprint density at radius 3 is 2.48 bits per heavy atom. The second-order valence-electron chi connectivity index (χ2n) is 5.16. The minimum atomic E-state index is -1.07. The lowest BCUT2D eigenvalue weighted by atomic mass is 9.82. The van der Waals surface area contributed by atoms with Gasteiger partial charge in [-0.3, -0.25) is 9.59 Å². The predicted molar refractivity (Wildman–Crippen MR) is 79.4 cm³/mol. The SMILES string of the molecule is COC(=O)c1ccc(F)cc1NC(=O)[C@H]1CC=CC[C@@H]1C(=O)O. The number of halogens is 1. The number of carbonyl (C=O) groups excluding carboxylic acids is 2. The number of benzene rings is 1. The summed E-state index contributed by atoms with van der Waals surface area (Å²) in [7, 11) is 1.17. The average molecular weight is 321 g/mol. The molecule has 0 heterocycles. The summed E-state index contributed by atoms with van der Waals surface area (Å²) in [4.78, 5) is 35.3. The summed E-state index contributed by atoms with van der Waals surface area (Å²) in [6.07, 6.45) is 3.97. The number of ether oxygens (including phenoxy) is 1. The number of hydrogen-bond donors (Lipinski definition) is 2. The molecule has 2 atom stereocenters. The zero-order valence-corrected chi connectivity index (χ0v) is 12.4. The molecule has 2 N–H and O–H groups in total. The monoisotopic (exact) mass is 321 g/mol. The molecule has 0 spiro atoms. The number of anilines is 1. The Labute approximate surface area is 131 Å². The summed E-state index contributed by atoms with van der Waals surface area (Å²) < 4.78 is 18.0. The van der Waals surface area contributed by atoms with E-state index in [0.29, 0.717) is 0 Å². The first kappa shape index (κ1) is 16.7. The highest BCUT2D eigenvalue weighted by Gasteiger charge is 2.34. The first-order chi connectivity index (χ1) is 10.9. The van der Waals surface area contributed by atoms with Crippen molar-refractivity contribution >= 4 is 23.5 Å². The minimum Gasteiger partial charge on any atom is -0.481 e. The highest BCUT2D eigenvalue weighted by molar-refractivity contribution is 6.02. The molecule has 1 aromatic carbocycles. The van der Waals surface area contributed by atoms with Gasteiger partial charge in [-0.25, -0.2) is 9.18 Å². The number of nitrogens with one attached hydrogen (secondary N) is 1. The van der Waals surface area contributed by atoms with Crippen molar-refractivity contribution < 1.29 is 28.6 Å². The molecule has 1 aromatic rings. The zero-order valence-electron chi connectivity index (χ0n) is 12.4. The second-order valence-corrected chi connectivity index (χ2v) is 5.16. The number of carboxylic acid groups (broad SMARTS) is 1. The molecule has 1 amide bonds. The molecule has 122 valence electrons. The Kier molecular flexibility index (Phi) is 5.10. The Hall–Kier alpha value is -2.70. The smallest absolute Gasteiger partial charge is 0.339 e. The summed E-state index contributed by atoms with van der Waals surface area (Å²) in [5, 5.41) is 11.6. The molecule has 0 fully saturated rings. The highest BCUT2D eigenvalue weighted by atomic mass is 19.1. The summed E-state index contributed by atoms with van der Waals surface area (Å²) in [6.45, 7) is 0. The number of rotatable bonds is 4. The minimum absolute atomic E-state index is 0.000441. The van der Waals surface area contributed by atoms with E-state index in [1.54, 1.807) is 12.2 Å². The lowest BCUT2D eigenvalue weighted by Crippen LogP contribution is -2.35. The van der Waals surface area contributed by atoms with Crippen LogP contribution in [-0.4, -0.2) is 30.1 Å². The van der Waals surface area contributed by atoms with Gasteiger partial charge >= 0.3 is 11.9 Å². The fourth-order valence-electron chi connectivity index (χ4n) is 2.51. The number of allylic oxidation sites excluding steroid dienone is 2. The fourth-order valence-corrected chi connectivity index (χ4v) is 2.51. The highest BCUT2D eigenvalue weighted by Crippen LogP contribution is 2.28. The molecule has 7 heteroatoms. The van der Waals surface area contributed by atoms with Crippen LogP contribution in [0.3, 0.4) is 0 Å². The average Bonchev–Trinajstić information content (AvgIpc) is 2.54. The van der Waals surface area contributed by atoms with Gasteiger partial charge in [0.25, 0.3) is 0 Å². The van der Waals surface area contributed by atoms with Crippen LogP contribution in [0.1, 0.15) is 23.2 Å². The van der Waals surface area contributed by atoms with Gasteiger partial charge in [0.2, 0.25) is 5.91 Å². The van der Waals surface area contributed by atoms with E-state index >= 15 is 0 Å². The topological polar surface area (TPSA) is 92.7 Å². The van der Waals surface area contributed by atoms with Crippen molar-refractivity contribution in [1.29, 1.82) is 0 Å². The molecule has 0 saturated carbocycles. The Morgan fingerprint density at radius 2 is 1.87 bits per heavy atom. The third-order valence-corrected chi connectivity index (χ3v) is 3.73. The van der Waals surface area contributed by atoms with Crippen LogP contribution in [0.25, 0.3) is 0 Å². The van der Waals surface area contributed by atoms with E-state index in [-0.39, 0.29) is 24.1 Å². The Bertz CT molecular complexity index is 670. The van der Waals surface area contributed by atoms with Crippen LogP contribution >= 0.6 is 0 Å². The number of aliphatic carboxylic acids is 1. The molecule has 0 bridgehead atoms. The third-order valence-electron chi connectivity index (χ3n) is 3.73. The van der Waals surface area contributed by atoms with Crippen molar-refractivity contribution in [3.63, 3.8) is 0 Å².